The summed E-state index contributed by atoms with van der Waals surface area (Å²) in [7, 11) is -0.258. The minimum Gasteiger partial charge on any atom is -0.399 e. The molecule has 0 radical (unpaired) electrons. The Bertz CT molecular complexity index is 512. The number of hydrogen-bond donors (Lipinski definition) is 0. The molecule has 0 aromatic heterocycles. The molecular weight excluding hydrogens is 247 g/mol. The molecule has 0 unspecified atom stereocenters. The third-order valence-corrected chi connectivity index (χ3v) is 4.85. The summed E-state index contributed by atoms with van der Waals surface area (Å²) in [6, 6.07) is 8.66. The molecule has 0 N–H and O–H groups in total. The van der Waals surface area contributed by atoms with Gasteiger partial charge in [0.2, 0.25) is 0 Å². The van der Waals surface area contributed by atoms with Gasteiger partial charge in [-0.3, -0.25) is 0 Å². The van der Waals surface area contributed by atoms with Crippen LogP contribution in [-0.2, 0) is 9.31 Å². The summed E-state index contributed by atoms with van der Waals surface area (Å²) in [5.74, 6) is 0. The molecule has 2 aliphatic rings. The van der Waals surface area contributed by atoms with Gasteiger partial charge in [0.25, 0.3) is 0 Å². The Hall–Kier alpha value is -1.06. The Morgan fingerprint density at radius 2 is 1.55 bits per heavy atom. The van der Waals surface area contributed by atoms with Crippen LogP contribution in [0.2, 0.25) is 0 Å². The lowest BCUT2D eigenvalue weighted by Gasteiger charge is -2.32. The van der Waals surface area contributed by atoms with Crippen molar-refractivity contribution in [3.05, 3.63) is 35.9 Å². The van der Waals surface area contributed by atoms with E-state index >= 15 is 0 Å². The lowest BCUT2D eigenvalue weighted by atomic mass is 9.78. The molecule has 2 nitrogen and oxygen atoms in total. The lowest BCUT2D eigenvalue weighted by Crippen LogP contribution is -2.41. The van der Waals surface area contributed by atoms with Gasteiger partial charge in [-0.25, -0.2) is 0 Å². The Balaban J connectivity index is 1.79. The van der Waals surface area contributed by atoms with E-state index in [2.05, 4.69) is 58.0 Å². The molecule has 20 heavy (non-hydrogen) atoms. The Morgan fingerprint density at radius 1 is 0.950 bits per heavy atom. The van der Waals surface area contributed by atoms with Gasteiger partial charge >= 0.3 is 7.12 Å². The molecule has 1 fully saturated rings. The van der Waals surface area contributed by atoms with Crippen molar-refractivity contribution in [2.75, 3.05) is 0 Å². The summed E-state index contributed by atoms with van der Waals surface area (Å²) < 4.78 is 12.2. The quantitative estimate of drug-likeness (QED) is 0.765. The minimum absolute atomic E-state index is 0.258. The molecule has 1 saturated heterocycles. The average molecular weight is 270 g/mol. The van der Waals surface area contributed by atoms with Crippen LogP contribution in [0.15, 0.2) is 30.3 Å². The maximum Gasteiger partial charge on any atom is 0.494 e. The van der Waals surface area contributed by atoms with Crippen molar-refractivity contribution in [1.82, 2.24) is 0 Å². The fraction of sp³-hybridized carbons (Fsp3) is 0.529. The maximum absolute atomic E-state index is 6.08. The lowest BCUT2D eigenvalue weighted by molar-refractivity contribution is 0.00578. The highest BCUT2D eigenvalue weighted by molar-refractivity contribution is 6.62. The second-order valence-corrected chi connectivity index (χ2v) is 6.83. The van der Waals surface area contributed by atoms with Gasteiger partial charge in [0.15, 0.2) is 0 Å². The first-order valence-electron chi connectivity index (χ1n) is 7.54. The first kappa shape index (κ1) is 13.9. The van der Waals surface area contributed by atoms with E-state index < -0.39 is 0 Å². The Kier molecular flexibility index (Phi) is 3.30. The van der Waals surface area contributed by atoms with Crippen LogP contribution < -0.4 is 5.46 Å². The molecule has 1 aromatic carbocycles. The smallest absolute Gasteiger partial charge is 0.399 e. The molecule has 0 atom stereocenters. The van der Waals surface area contributed by atoms with Gasteiger partial charge in [0.1, 0.15) is 0 Å². The molecule has 3 heteroatoms. The molecule has 0 spiro atoms. The van der Waals surface area contributed by atoms with E-state index in [1.54, 1.807) is 0 Å². The maximum atomic E-state index is 6.08. The molecule has 0 saturated carbocycles. The minimum atomic E-state index is -0.273. The molecule has 106 valence electrons. The second kappa shape index (κ2) is 4.75. The van der Waals surface area contributed by atoms with E-state index in [0.717, 1.165) is 5.46 Å². The summed E-state index contributed by atoms with van der Waals surface area (Å²) >= 11 is 0. The van der Waals surface area contributed by atoms with Gasteiger partial charge < -0.3 is 9.31 Å². The normalized spacial score (nSPS) is 24.0. The van der Waals surface area contributed by atoms with Gasteiger partial charge in [0, 0.05) is 0 Å². The summed E-state index contributed by atoms with van der Waals surface area (Å²) in [4.78, 5) is 0. The molecule has 1 aliphatic heterocycles. The van der Waals surface area contributed by atoms with Gasteiger partial charge in [-0.1, -0.05) is 30.3 Å². The molecule has 1 heterocycles. The van der Waals surface area contributed by atoms with Crippen LogP contribution >= 0.6 is 0 Å². The fourth-order valence-electron chi connectivity index (χ4n) is 2.77. The van der Waals surface area contributed by atoms with Gasteiger partial charge in [-0.2, -0.15) is 0 Å². The highest BCUT2D eigenvalue weighted by Crippen LogP contribution is 2.36. The highest BCUT2D eigenvalue weighted by Gasteiger charge is 2.51. The zero-order valence-corrected chi connectivity index (χ0v) is 12.9. The van der Waals surface area contributed by atoms with Crippen LogP contribution in [0.5, 0.6) is 0 Å². The van der Waals surface area contributed by atoms with Crippen LogP contribution in [0.25, 0.3) is 5.57 Å². The Morgan fingerprint density at radius 3 is 2.05 bits per heavy atom. The first-order valence-corrected chi connectivity index (χ1v) is 7.54. The highest BCUT2D eigenvalue weighted by atomic mass is 16.7. The summed E-state index contributed by atoms with van der Waals surface area (Å²) in [5, 5.41) is 0. The molecular formula is C17H23BO2. The van der Waals surface area contributed by atoms with Gasteiger partial charge in [-0.15, -0.1) is 0 Å². The van der Waals surface area contributed by atoms with Crippen molar-refractivity contribution in [3.63, 3.8) is 0 Å². The average Bonchev–Trinajstić information content (AvgIpc) is 2.97. The van der Waals surface area contributed by atoms with Crippen molar-refractivity contribution >= 4 is 18.2 Å². The SMILES string of the molecule is CC1(C)OB(c2ccc(C3=CCCC3)cc2)OC1(C)C. The molecule has 1 aromatic rings. The topological polar surface area (TPSA) is 18.5 Å². The van der Waals surface area contributed by atoms with Crippen LogP contribution in [0.3, 0.4) is 0 Å². The van der Waals surface area contributed by atoms with Gasteiger partial charge in [-0.05, 0) is 63.6 Å². The number of rotatable bonds is 2. The van der Waals surface area contributed by atoms with E-state index in [4.69, 9.17) is 9.31 Å². The van der Waals surface area contributed by atoms with Crippen LogP contribution in [0.1, 0.15) is 52.5 Å². The number of allylic oxidation sites excluding steroid dienone is 2. The van der Waals surface area contributed by atoms with Crippen LogP contribution in [0.4, 0.5) is 0 Å². The van der Waals surface area contributed by atoms with Crippen molar-refractivity contribution in [2.24, 2.45) is 0 Å². The van der Waals surface area contributed by atoms with E-state index in [1.807, 2.05) is 0 Å². The van der Waals surface area contributed by atoms with Crippen molar-refractivity contribution < 1.29 is 9.31 Å². The first-order chi connectivity index (χ1) is 9.39. The molecule has 0 bridgehead atoms. The standard InChI is InChI=1S/C17H23BO2/c1-16(2)17(3,4)20-18(19-16)15-11-9-14(10-12-15)13-7-5-6-8-13/h7,9-12H,5-6,8H2,1-4H3. The van der Waals surface area contributed by atoms with E-state index in [-0.39, 0.29) is 18.3 Å². The van der Waals surface area contributed by atoms with Crippen molar-refractivity contribution in [1.29, 1.82) is 0 Å². The van der Waals surface area contributed by atoms with E-state index in [0.29, 0.717) is 0 Å². The molecule has 1 aliphatic carbocycles. The molecule has 0 amide bonds. The summed E-state index contributed by atoms with van der Waals surface area (Å²) in [6.07, 6.45) is 6.06. The van der Waals surface area contributed by atoms with E-state index in [9.17, 15) is 0 Å². The van der Waals surface area contributed by atoms with Crippen LogP contribution in [0, 0.1) is 0 Å². The van der Waals surface area contributed by atoms with E-state index in [1.165, 1.54) is 30.4 Å². The fourth-order valence-corrected chi connectivity index (χ4v) is 2.77. The Labute approximate surface area is 122 Å². The summed E-state index contributed by atoms with van der Waals surface area (Å²) in [6.45, 7) is 8.35. The third-order valence-electron chi connectivity index (χ3n) is 4.85. The monoisotopic (exact) mass is 270 g/mol. The number of benzene rings is 1. The van der Waals surface area contributed by atoms with Crippen molar-refractivity contribution in [3.8, 4) is 0 Å². The number of hydrogen-bond acceptors (Lipinski definition) is 2. The second-order valence-electron chi connectivity index (χ2n) is 6.83. The predicted molar refractivity (Wildman–Crippen MR) is 84.0 cm³/mol. The largest absolute Gasteiger partial charge is 0.494 e. The zero-order chi connectivity index (χ0) is 14.4. The zero-order valence-electron chi connectivity index (χ0n) is 12.9. The van der Waals surface area contributed by atoms with Crippen molar-refractivity contribution in [2.45, 2.75) is 58.2 Å². The summed E-state index contributed by atoms with van der Waals surface area (Å²) in [5.41, 5.74) is 3.37. The third kappa shape index (κ3) is 2.34. The van der Waals surface area contributed by atoms with Crippen LogP contribution in [-0.4, -0.2) is 18.3 Å². The predicted octanol–water partition coefficient (Wildman–Crippen LogP) is 3.55. The molecule has 3 rings (SSSR count). The van der Waals surface area contributed by atoms with Gasteiger partial charge in [0.05, 0.1) is 11.2 Å².